The third-order valence-electron chi connectivity index (χ3n) is 2.80. The number of anilines is 1. The summed E-state index contributed by atoms with van der Waals surface area (Å²) < 4.78 is 1.56. The molecule has 0 aliphatic carbocycles. The molecule has 0 saturated heterocycles. The van der Waals surface area contributed by atoms with E-state index in [9.17, 15) is 4.79 Å². The van der Waals surface area contributed by atoms with Crippen LogP contribution >= 0.6 is 0 Å². The molecule has 0 spiro atoms. The summed E-state index contributed by atoms with van der Waals surface area (Å²) in [6.45, 7) is 2.41. The maximum absolute atomic E-state index is 11.8. The van der Waals surface area contributed by atoms with Gasteiger partial charge in [-0.1, -0.05) is 0 Å². The first-order valence-corrected chi connectivity index (χ1v) is 5.80. The van der Waals surface area contributed by atoms with Crippen molar-refractivity contribution in [3.8, 4) is 0 Å². The van der Waals surface area contributed by atoms with Crippen LogP contribution < -0.4 is 10.9 Å². The lowest BCUT2D eigenvalue weighted by atomic mass is 10.4. The normalized spacial score (nSPS) is 11.1. The van der Waals surface area contributed by atoms with Gasteiger partial charge in [0.1, 0.15) is 5.39 Å². The van der Waals surface area contributed by atoms with Crippen LogP contribution in [0, 0.1) is 6.92 Å². The van der Waals surface area contributed by atoms with E-state index in [4.69, 9.17) is 0 Å². The molecule has 0 amide bonds. The lowest BCUT2D eigenvalue weighted by Crippen LogP contribution is -2.13. The van der Waals surface area contributed by atoms with E-state index in [2.05, 4.69) is 30.6 Å². The maximum atomic E-state index is 11.8. The van der Waals surface area contributed by atoms with Crippen LogP contribution in [0.5, 0.6) is 0 Å². The molecule has 0 bridgehead atoms. The first-order chi connectivity index (χ1) is 9.13. The number of aromatic nitrogens is 6. The second kappa shape index (κ2) is 4.23. The molecule has 0 unspecified atom stereocenters. The first kappa shape index (κ1) is 11.5. The third-order valence-corrected chi connectivity index (χ3v) is 2.80. The Morgan fingerprint density at radius 2 is 2.32 bits per heavy atom. The van der Waals surface area contributed by atoms with E-state index in [0.29, 0.717) is 23.5 Å². The van der Waals surface area contributed by atoms with Crippen LogP contribution in [0.3, 0.4) is 0 Å². The van der Waals surface area contributed by atoms with Gasteiger partial charge < -0.3 is 5.32 Å². The molecule has 19 heavy (non-hydrogen) atoms. The van der Waals surface area contributed by atoms with Crippen LogP contribution in [0.1, 0.15) is 11.4 Å². The number of nitrogens with zero attached hydrogens (tertiary/aromatic N) is 4. The number of aryl methyl sites for hydroxylation is 2. The van der Waals surface area contributed by atoms with Crippen LogP contribution in [0.25, 0.3) is 11.0 Å². The number of H-pyrrole nitrogens is 2. The Balaban J connectivity index is 1.88. The van der Waals surface area contributed by atoms with E-state index in [-0.39, 0.29) is 5.56 Å². The van der Waals surface area contributed by atoms with Crippen molar-refractivity contribution in [2.45, 2.75) is 13.5 Å². The van der Waals surface area contributed by atoms with Crippen molar-refractivity contribution in [2.75, 3.05) is 5.32 Å². The van der Waals surface area contributed by atoms with Gasteiger partial charge in [0, 0.05) is 12.7 Å². The first-order valence-electron chi connectivity index (χ1n) is 5.80. The van der Waals surface area contributed by atoms with Crippen molar-refractivity contribution < 1.29 is 0 Å². The Morgan fingerprint density at radius 3 is 3.05 bits per heavy atom. The Labute approximate surface area is 107 Å². The molecule has 0 aliphatic heterocycles. The number of hydrogen-bond acceptors (Lipinski definition) is 5. The molecule has 98 valence electrons. The Hall–Kier alpha value is -2.64. The van der Waals surface area contributed by atoms with Gasteiger partial charge in [0.25, 0.3) is 5.56 Å². The van der Waals surface area contributed by atoms with Crippen LogP contribution in [0.4, 0.5) is 5.95 Å². The smallest absolute Gasteiger partial charge is 0.263 e. The molecule has 0 aliphatic rings. The van der Waals surface area contributed by atoms with Crippen molar-refractivity contribution in [2.24, 2.45) is 7.05 Å². The Morgan fingerprint density at radius 1 is 1.47 bits per heavy atom. The standard InChI is InChI=1S/C11H13N7O/c1-6-3-7(17-16-6)4-12-11-14-9-8(10(19)15-11)5-13-18(9)2/h3,5H,4H2,1-2H3,(H,16,17)(H2,12,14,15,19). The molecule has 3 rings (SSSR count). The van der Waals surface area contributed by atoms with Crippen molar-refractivity contribution in [3.05, 3.63) is 34.0 Å². The van der Waals surface area contributed by atoms with E-state index in [1.54, 1.807) is 11.7 Å². The average Bonchev–Trinajstić information content (AvgIpc) is 2.95. The summed E-state index contributed by atoms with van der Waals surface area (Å²) in [7, 11) is 1.75. The fourth-order valence-electron chi connectivity index (χ4n) is 1.86. The SMILES string of the molecule is Cc1cc(CNc2nc3c(cnn3C)c(=O)[nH]2)n[nH]1. The topological polar surface area (TPSA) is 104 Å². The maximum Gasteiger partial charge on any atom is 0.263 e. The Bertz CT molecular complexity index is 782. The average molecular weight is 259 g/mol. The summed E-state index contributed by atoms with van der Waals surface area (Å²) >= 11 is 0. The minimum Gasteiger partial charge on any atom is -0.350 e. The van der Waals surface area contributed by atoms with Crippen LogP contribution in [0.15, 0.2) is 17.1 Å². The van der Waals surface area contributed by atoms with Gasteiger partial charge in [0.2, 0.25) is 5.95 Å². The van der Waals surface area contributed by atoms with Gasteiger partial charge in [-0.25, -0.2) is 0 Å². The van der Waals surface area contributed by atoms with Gasteiger partial charge in [-0.2, -0.15) is 15.2 Å². The predicted molar refractivity (Wildman–Crippen MR) is 69.8 cm³/mol. The molecule has 0 radical (unpaired) electrons. The highest BCUT2D eigenvalue weighted by molar-refractivity contribution is 5.74. The zero-order chi connectivity index (χ0) is 13.4. The minimum absolute atomic E-state index is 0.209. The van der Waals surface area contributed by atoms with E-state index in [0.717, 1.165) is 11.4 Å². The summed E-state index contributed by atoms with van der Waals surface area (Å²) in [4.78, 5) is 18.8. The highest BCUT2D eigenvalue weighted by Gasteiger charge is 2.08. The third kappa shape index (κ3) is 2.07. The second-order valence-electron chi connectivity index (χ2n) is 4.32. The molecule has 0 fully saturated rings. The summed E-state index contributed by atoms with van der Waals surface area (Å²) in [5.41, 5.74) is 2.17. The number of nitrogens with one attached hydrogen (secondary N) is 3. The van der Waals surface area contributed by atoms with E-state index >= 15 is 0 Å². The van der Waals surface area contributed by atoms with Gasteiger partial charge >= 0.3 is 0 Å². The summed E-state index contributed by atoms with van der Waals surface area (Å²) in [6.07, 6.45) is 1.50. The highest BCUT2D eigenvalue weighted by atomic mass is 16.1. The summed E-state index contributed by atoms with van der Waals surface area (Å²) in [5.74, 6) is 0.404. The second-order valence-corrected chi connectivity index (χ2v) is 4.32. The molecule has 0 aromatic carbocycles. The molecule has 3 aromatic rings. The molecule has 8 nitrogen and oxygen atoms in total. The van der Waals surface area contributed by atoms with Crippen LogP contribution in [-0.2, 0) is 13.6 Å². The lowest BCUT2D eigenvalue weighted by Gasteiger charge is -2.03. The van der Waals surface area contributed by atoms with E-state index in [1.807, 2.05) is 13.0 Å². The molecule has 0 saturated carbocycles. The minimum atomic E-state index is -0.209. The zero-order valence-electron chi connectivity index (χ0n) is 10.6. The lowest BCUT2D eigenvalue weighted by molar-refractivity contribution is 0.785. The van der Waals surface area contributed by atoms with Crippen molar-refractivity contribution in [3.63, 3.8) is 0 Å². The number of fused-ring (bicyclic) bond motifs is 1. The number of hydrogen-bond donors (Lipinski definition) is 3. The molecular weight excluding hydrogens is 246 g/mol. The van der Waals surface area contributed by atoms with Crippen LogP contribution in [0.2, 0.25) is 0 Å². The summed E-state index contributed by atoms with van der Waals surface area (Å²) in [6, 6.07) is 1.92. The zero-order valence-corrected chi connectivity index (χ0v) is 10.6. The molecule has 8 heteroatoms. The van der Waals surface area contributed by atoms with Gasteiger partial charge in [-0.3, -0.25) is 19.6 Å². The van der Waals surface area contributed by atoms with Crippen molar-refractivity contribution in [1.29, 1.82) is 0 Å². The van der Waals surface area contributed by atoms with E-state index in [1.165, 1.54) is 6.20 Å². The number of rotatable bonds is 3. The van der Waals surface area contributed by atoms with Gasteiger partial charge in [0.15, 0.2) is 5.65 Å². The number of aromatic amines is 2. The molecule has 3 aromatic heterocycles. The van der Waals surface area contributed by atoms with Crippen molar-refractivity contribution >= 4 is 17.0 Å². The molecular formula is C11H13N7O. The highest BCUT2D eigenvalue weighted by Crippen LogP contribution is 2.07. The van der Waals surface area contributed by atoms with Gasteiger partial charge in [0.05, 0.1) is 18.4 Å². The molecule has 3 N–H and O–H groups in total. The molecule has 3 heterocycles. The van der Waals surface area contributed by atoms with Crippen molar-refractivity contribution in [1.82, 2.24) is 29.9 Å². The van der Waals surface area contributed by atoms with E-state index < -0.39 is 0 Å². The largest absolute Gasteiger partial charge is 0.350 e. The van der Waals surface area contributed by atoms with Crippen LogP contribution in [-0.4, -0.2) is 29.9 Å². The quantitative estimate of drug-likeness (QED) is 0.627. The fraction of sp³-hybridized carbons (Fsp3) is 0.273. The predicted octanol–water partition coefficient (Wildman–Crippen LogP) is 0.300. The monoisotopic (exact) mass is 259 g/mol. The molecule has 0 atom stereocenters. The Kier molecular flexibility index (Phi) is 2.55. The van der Waals surface area contributed by atoms with Gasteiger partial charge in [-0.15, -0.1) is 0 Å². The summed E-state index contributed by atoms with van der Waals surface area (Å²) in [5, 5.41) is 14.5. The fourth-order valence-corrected chi connectivity index (χ4v) is 1.86. The van der Waals surface area contributed by atoms with Gasteiger partial charge in [-0.05, 0) is 13.0 Å².